The Hall–Kier alpha value is -0.486. The Labute approximate surface area is 115 Å². The molecular formula is C14H30O2Si2. The average molecular weight is 287 g/mol. The molecule has 0 saturated heterocycles. The predicted octanol–water partition coefficient (Wildman–Crippen LogP) is 4.93. The van der Waals surface area contributed by atoms with E-state index in [1.54, 1.807) is 7.11 Å². The molecule has 0 aromatic rings. The Balaban J connectivity index is 5.33. The van der Waals surface area contributed by atoms with Gasteiger partial charge in [-0.05, 0) is 26.1 Å². The van der Waals surface area contributed by atoms with E-state index in [2.05, 4.69) is 58.4 Å². The van der Waals surface area contributed by atoms with Gasteiger partial charge in [0, 0.05) is 5.20 Å². The van der Waals surface area contributed by atoms with Crippen molar-refractivity contribution in [1.29, 1.82) is 0 Å². The van der Waals surface area contributed by atoms with E-state index >= 15 is 0 Å². The minimum atomic E-state index is -1.62. The van der Waals surface area contributed by atoms with Crippen LogP contribution in [0.15, 0.2) is 23.3 Å². The van der Waals surface area contributed by atoms with Crippen molar-refractivity contribution >= 4 is 16.4 Å². The molecule has 0 unspecified atom stereocenters. The second kappa shape index (κ2) is 7.19. The van der Waals surface area contributed by atoms with E-state index in [4.69, 9.17) is 9.16 Å². The van der Waals surface area contributed by atoms with Crippen molar-refractivity contribution in [2.24, 2.45) is 0 Å². The summed E-state index contributed by atoms with van der Waals surface area (Å²) in [6.07, 6.45) is 6.74. The third kappa shape index (κ3) is 7.06. The first-order chi connectivity index (χ1) is 8.11. The molecule has 0 fully saturated rings. The maximum absolute atomic E-state index is 6.09. The highest BCUT2D eigenvalue weighted by atomic mass is 28.4. The Morgan fingerprint density at radius 3 is 1.94 bits per heavy atom. The minimum absolute atomic E-state index is 0.751. The van der Waals surface area contributed by atoms with Crippen molar-refractivity contribution in [2.45, 2.75) is 59.0 Å². The number of methoxy groups -OCH3 is 1. The molecule has 2 nitrogen and oxygen atoms in total. The Morgan fingerprint density at radius 2 is 1.61 bits per heavy atom. The third-order valence-corrected chi connectivity index (χ3v) is 5.14. The van der Waals surface area contributed by atoms with Crippen molar-refractivity contribution in [2.75, 3.05) is 7.11 Å². The summed E-state index contributed by atoms with van der Waals surface area (Å²) < 4.78 is 11.6. The molecule has 0 heterocycles. The molecule has 0 aliphatic rings. The first kappa shape index (κ1) is 17.5. The fourth-order valence-corrected chi connectivity index (χ4v) is 3.71. The highest BCUT2D eigenvalue weighted by Crippen LogP contribution is 2.24. The lowest BCUT2D eigenvalue weighted by Crippen LogP contribution is -2.31. The monoisotopic (exact) mass is 286 g/mol. The molecule has 0 amide bonds. The van der Waals surface area contributed by atoms with Crippen LogP contribution in [0.25, 0.3) is 0 Å². The van der Waals surface area contributed by atoms with Crippen LogP contribution in [0.5, 0.6) is 0 Å². The number of hydrogen-bond donors (Lipinski definition) is 0. The SMILES string of the molecule is CCC/C=C/C(=C(/OC)O[Si](C)(C)C)[Si](C)(C)C. The lowest BCUT2D eigenvalue weighted by molar-refractivity contribution is 0.145. The summed E-state index contributed by atoms with van der Waals surface area (Å²) in [7, 11) is -1.37. The fourth-order valence-electron chi connectivity index (χ4n) is 1.48. The zero-order valence-electron chi connectivity index (χ0n) is 13.4. The van der Waals surface area contributed by atoms with Crippen LogP contribution in [-0.4, -0.2) is 23.5 Å². The van der Waals surface area contributed by atoms with Crippen molar-refractivity contribution < 1.29 is 9.16 Å². The van der Waals surface area contributed by atoms with Gasteiger partial charge >= 0.3 is 0 Å². The predicted molar refractivity (Wildman–Crippen MR) is 85.9 cm³/mol. The van der Waals surface area contributed by atoms with Gasteiger partial charge in [0.2, 0.25) is 8.32 Å². The normalized spacial score (nSPS) is 14.7. The Bertz CT molecular complexity index is 307. The van der Waals surface area contributed by atoms with E-state index in [9.17, 15) is 0 Å². The standard InChI is InChI=1S/C14H30O2Si2/c1-9-10-11-12-13(17(3,4)5)14(15-2)16-18(6,7)8/h11-12H,9-10H2,1-8H3/b12-11+,14-13+. The Kier molecular flexibility index (Phi) is 6.99. The van der Waals surface area contributed by atoms with Gasteiger partial charge < -0.3 is 9.16 Å². The van der Waals surface area contributed by atoms with Gasteiger partial charge in [0.15, 0.2) is 0 Å². The summed E-state index contributed by atoms with van der Waals surface area (Å²) in [5, 5.41) is 1.28. The zero-order chi connectivity index (χ0) is 14.4. The van der Waals surface area contributed by atoms with Gasteiger partial charge in [0.25, 0.3) is 5.95 Å². The second-order valence-electron chi connectivity index (χ2n) is 6.56. The lowest BCUT2D eigenvalue weighted by Gasteiger charge is -2.26. The van der Waals surface area contributed by atoms with Crippen molar-refractivity contribution in [3.63, 3.8) is 0 Å². The van der Waals surface area contributed by atoms with Crippen molar-refractivity contribution in [3.8, 4) is 0 Å². The van der Waals surface area contributed by atoms with Gasteiger partial charge in [-0.15, -0.1) is 0 Å². The van der Waals surface area contributed by atoms with Gasteiger partial charge in [-0.1, -0.05) is 45.1 Å². The summed E-state index contributed by atoms with van der Waals surface area (Å²) in [4.78, 5) is 0. The first-order valence-corrected chi connectivity index (χ1v) is 13.7. The van der Waals surface area contributed by atoms with E-state index in [0.717, 1.165) is 12.4 Å². The Morgan fingerprint density at radius 1 is 1.06 bits per heavy atom. The molecule has 0 radical (unpaired) electrons. The lowest BCUT2D eigenvalue weighted by atomic mass is 10.3. The van der Waals surface area contributed by atoms with Gasteiger partial charge in [0.1, 0.15) is 0 Å². The molecule has 0 aliphatic carbocycles. The molecule has 0 atom stereocenters. The van der Waals surface area contributed by atoms with Crippen LogP contribution in [0, 0.1) is 0 Å². The minimum Gasteiger partial charge on any atom is -0.520 e. The molecule has 0 bridgehead atoms. The van der Waals surface area contributed by atoms with E-state index in [-0.39, 0.29) is 0 Å². The summed E-state index contributed by atoms with van der Waals surface area (Å²) in [6.45, 7) is 15.7. The maximum atomic E-state index is 6.09. The molecule has 106 valence electrons. The fraction of sp³-hybridized carbons (Fsp3) is 0.714. The second-order valence-corrected chi connectivity index (χ2v) is 16.0. The molecule has 18 heavy (non-hydrogen) atoms. The van der Waals surface area contributed by atoms with Crippen LogP contribution >= 0.6 is 0 Å². The smallest absolute Gasteiger partial charge is 0.264 e. The highest BCUT2D eigenvalue weighted by Gasteiger charge is 2.27. The molecule has 0 spiro atoms. The average Bonchev–Trinajstić information content (AvgIpc) is 2.18. The summed E-state index contributed by atoms with van der Waals surface area (Å²) in [6, 6.07) is 0. The topological polar surface area (TPSA) is 18.5 Å². The molecule has 0 N–H and O–H groups in total. The van der Waals surface area contributed by atoms with Crippen LogP contribution in [-0.2, 0) is 9.16 Å². The molecule has 0 saturated carbocycles. The quantitative estimate of drug-likeness (QED) is 0.375. The molecule has 0 rings (SSSR count). The number of ether oxygens (including phenoxy) is 1. The van der Waals surface area contributed by atoms with E-state index < -0.39 is 16.4 Å². The van der Waals surface area contributed by atoms with Crippen LogP contribution in [0.3, 0.4) is 0 Å². The number of hydrogen-bond acceptors (Lipinski definition) is 2. The number of rotatable bonds is 7. The van der Waals surface area contributed by atoms with Crippen LogP contribution in [0.2, 0.25) is 39.3 Å². The van der Waals surface area contributed by atoms with Crippen LogP contribution in [0.4, 0.5) is 0 Å². The van der Waals surface area contributed by atoms with E-state index in [0.29, 0.717) is 0 Å². The molecule has 4 heteroatoms. The first-order valence-electron chi connectivity index (χ1n) is 6.76. The van der Waals surface area contributed by atoms with Crippen LogP contribution < -0.4 is 0 Å². The molecule has 0 aromatic heterocycles. The highest BCUT2D eigenvalue weighted by molar-refractivity contribution is 6.83. The molecular weight excluding hydrogens is 256 g/mol. The summed E-state index contributed by atoms with van der Waals surface area (Å²) in [5.41, 5.74) is 0. The van der Waals surface area contributed by atoms with Crippen LogP contribution in [0.1, 0.15) is 19.8 Å². The summed E-state index contributed by atoms with van der Waals surface area (Å²) in [5.74, 6) is 0.751. The van der Waals surface area contributed by atoms with Gasteiger partial charge in [-0.2, -0.15) is 0 Å². The van der Waals surface area contributed by atoms with E-state index in [1.165, 1.54) is 11.6 Å². The largest absolute Gasteiger partial charge is 0.520 e. The maximum Gasteiger partial charge on any atom is 0.264 e. The van der Waals surface area contributed by atoms with E-state index in [1.807, 2.05) is 0 Å². The van der Waals surface area contributed by atoms with Crippen molar-refractivity contribution in [1.82, 2.24) is 0 Å². The number of allylic oxidation sites excluding steroid dienone is 3. The molecule has 0 aromatic carbocycles. The summed E-state index contributed by atoms with van der Waals surface area (Å²) >= 11 is 0. The zero-order valence-corrected chi connectivity index (χ0v) is 15.4. The molecule has 0 aliphatic heterocycles. The third-order valence-electron chi connectivity index (χ3n) is 2.35. The van der Waals surface area contributed by atoms with Gasteiger partial charge in [0.05, 0.1) is 15.2 Å². The van der Waals surface area contributed by atoms with Gasteiger partial charge in [-0.3, -0.25) is 0 Å². The number of unbranched alkanes of at least 4 members (excludes halogenated alkanes) is 1. The van der Waals surface area contributed by atoms with Crippen molar-refractivity contribution in [3.05, 3.63) is 23.3 Å². The van der Waals surface area contributed by atoms with Gasteiger partial charge in [-0.25, -0.2) is 0 Å².